The van der Waals surface area contributed by atoms with Crippen LogP contribution in [0.3, 0.4) is 0 Å². The van der Waals surface area contributed by atoms with Crippen LogP contribution in [-0.2, 0) is 4.79 Å². The molecule has 0 bridgehead atoms. The Kier molecular flexibility index (Phi) is 4.23. The standard InChI is InChI=1S/C17H23ClN2O/c1-11-6-7-15(12(2)8-11)20-16(21)10-19-17(20)13-4-3-5-14(18)9-13/h3-5,9,11-12,15,17,19H,6-8,10H2,1-2H3. The van der Waals surface area contributed by atoms with Crippen LogP contribution in [0.25, 0.3) is 0 Å². The molecule has 2 fully saturated rings. The van der Waals surface area contributed by atoms with Gasteiger partial charge in [0.25, 0.3) is 0 Å². The van der Waals surface area contributed by atoms with Gasteiger partial charge in [-0.3, -0.25) is 10.1 Å². The SMILES string of the molecule is CC1CCC(N2C(=O)CNC2c2cccc(Cl)c2)C(C)C1. The molecule has 1 saturated carbocycles. The largest absolute Gasteiger partial charge is 0.319 e. The molecule has 1 saturated heterocycles. The van der Waals surface area contributed by atoms with Crippen molar-refractivity contribution in [3.05, 3.63) is 34.9 Å². The Morgan fingerprint density at radius 2 is 2.10 bits per heavy atom. The fourth-order valence-corrected chi connectivity index (χ4v) is 4.11. The maximum absolute atomic E-state index is 12.4. The number of rotatable bonds is 2. The zero-order valence-corrected chi connectivity index (χ0v) is 13.4. The van der Waals surface area contributed by atoms with Crippen molar-refractivity contribution in [2.24, 2.45) is 11.8 Å². The van der Waals surface area contributed by atoms with Crippen molar-refractivity contribution in [1.82, 2.24) is 10.2 Å². The van der Waals surface area contributed by atoms with E-state index in [0.29, 0.717) is 18.5 Å². The topological polar surface area (TPSA) is 32.3 Å². The van der Waals surface area contributed by atoms with E-state index in [1.165, 1.54) is 12.8 Å². The first kappa shape index (κ1) is 14.9. The molecule has 1 aromatic rings. The van der Waals surface area contributed by atoms with Crippen LogP contribution >= 0.6 is 11.6 Å². The van der Waals surface area contributed by atoms with Crippen LogP contribution in [0.5, 0.6) is 0 Å². The van der Waals surface area contributed by atoms with Gasteiger partial charge in [0, 0.05) is 11.1 Å². The van der Waals surface area contributed by atoms with Gasteiger partial charge in [-0.2, -0.15) is 0 Å². The average Bonchev–Trinajstić information content (AvgIpc) is 2.81. The van der Waals surface area contributed by atoms with Crippen molar-refractivity contribution in [3.63, 3.8) is 0 Å². The molecule has 1 aliphatic carbocycles. The van der Waals surface area contributed by atoms with Gasteiger partial charge in [0.15, 0.2) is 0 Å². The average molecular weight is 307 g/mol. The second-order valence-corrected chi connectivity index (χ2v) is 7.04. The summed E-state index contributed by atoms with van der Waals surface area (Å²) in [6.07, 6.45) is 3.49. The minimum Gasteiger partial charge on any atom is -0.319 e. The quantitative estimate of drug-likeness (QED) is 0.905. The summed E-state index contributed by atoms with van der Waals surface area (Å²) in [6, 6.07) is 8.17. The number of carbonyl (C=O) groups is 1. The molecular weight excluding hydrogens is 284 g/mol. The van der Waals surface area contributed by atoms with Crippen LogP contribution in [0.4, 0.5) is 0 Å². The minimum atomic E-state index is -0.0305. The Morgan fingerprint density at radius 1 is 1.29 bits per heavy atom. The van der Waals surface area contributed by atoms with E-state index in [2.05, 4.69) is 24.1 Å². The molecule has 4 unspecified atom stereocenters. The Balaban J connectivity index is 1.86. The Labute approximate surface area is 131 Å². The lowest BCUT2D eigenvalue weighted by Crippen LogP contribution is -2.45. The van der Waals surface area contributed by atoms with Gasteiger partial charge in [-0.15, -0.1) is 0 Å². The van der Waals surface area contributed by atoms with Gasteiger partial charge in [0.1, 0.15) is 6.17 Å². The van der Waals surface area contributed by atoms with Gasteiger partial charge in [0.2, 0.25) is 5.91 Å². The molecule has 4 heteroatoms. The maximum atomic E-state index is 12.4. The first-order valence-corrected chi connectivity index (χ1v) is 8.24. The fraction of sp³-hybridized carbons (Fsp3) is 0.588. The van der Waals surface area contributed by atoms with Crippen molar-refractivity contribution in [1.29, 1.82) is 0 Å². The molecule has 0 aromatic heterocycles. The number of benzene rings is 1. The van der Waals surface area contributed by atoms with Crippen molar-refractivity contribution < 1.29 is 4.79 Å². The van der Waals surface area contributed by atoms with Crippen molar-refractivity contribution >= 4 is 17.5 Å². The highest BCUT2D eigenvalue weighted by atomic mass is 35.5. The van der Waals surface area contributed by atoms with Gasteiger partial charge >= 0.3 is 0 Å². The van der Waals surface area contributed by atoms with Crippen LogP contribution in [0.15, 0.2) is 24.3 Å². The highest BCUT2D eigenvalue weighted by molar-refractivity contribution is 6.30. The molecule has 1 aromatic carbocycles. The minimum absolute atomic E-state index is 0.0305. The van der Waals surface area contributed by atoms with Crippen LogP contribution in [0.2, 0.25) is 5.02 Å². The molecule has 3 nitrogen and oxygen atoms in total. The summed E-state index contributed by atoms with van der Waals surface area (Å²) in [6.45, 7) is 5.02. The van der Waals surface area contributed by atoms with E-state index in [-0.39, 0.29) is 12.1 Å². The van der Waals surface area contributed by atoms with Gasteiger partial charge in [-0.1, -0.05) is 37.6 Å². The molecule has 1 N–H and O–H groups in total. The molecule has 21 heavy (non-hydrogen) atoms. The maximum Gasteiger partial charge on any atom is 0.238 e. The van der Waals surface area contributed by atoms with E-state index in [0.717, 1.165) is 22.9 Å². The van der Waals surface area contributed by atoms with Crippen molar-refractivity contribution in [2.45, 2.75) is 45.3 Å². The van der Waals surface area contributed by atoms with Crippen molar-refractivity contribution in [3.8, 4) is 0 Å². The van der Waals surface area contributed by atoms with Gasteiger partial charge in [-0.25, -0.2) is 0 Å². The summed E-state index contributed by atoms with van der Waals surface area (Å²) in [4.78, 5) is 14.5. The van der Waals surface area contributed by atoms with E-state index < -0.39 is 0 Å². The molecular formula is C17H23ClN2O. The first-order valence-electron chi connectivity index (χ1n) is 7.86. The van der Waals surface area contributed by atoms with E-state index in [4.69, 9.17) is 11.6 Å². The Hall–Kier alpha value is -1.06. The van der Waals surface area contributed by atoms with Crippen LogP contribution in [-0.4, -0.2) is 23.4 Å². The number of nitrogens with zero attached hydrogens (tertiary/aromatic N) is 1. The predicted octanol–water partition coefficient (Wildman–Crippen LogP) is 3.60. The molecule has 2 aliphatic rings. The number of halogens is 1. The summed E-state index contributed by atoms with van der Waals surface area (Å²) >= 11 is 6.11. The molecule has 114 valence electrons. The third kappa shape index (κ3) is 2.95. The second-order valence-electron chi connectivity index (χ2n) is 6.60. The molecule has 1 amide bonds. The predicted molar refractivity (Wildman–Crippen MR) is 85.0 cm³/mol. The van der Waals surface area contributed by atoms with E-state index >= 15 is 0 Å². The smallest absolute Gasteiger partial charge is 0.238 e. The van der Waals surface area contributed by atoms with Crippen LogP contribution < -0.4 is 5.32 Å². The summed E-state index contributed by atoms with van der Waals surface area (Å²) < 4.78 is 0. The van der Waals surface area contributed by atoms with Crippen molar-refractivity contribution in [2.75, 3.05) is 6.54 Å². The van der Waals surface area contributed by atoms with Crippen LogP contribution in [0, 0.1) is 11.8 Å². The van der Waals surface area contributed by atoms with Gasteiger partial charge in [-0.05, 0) is 48.8 Å². The lowest BCUT2D eigenvalue weighted by atomic mass is 9.79. The zero-order chi connectivity index (χ0) is 15.0. The second kappa shape index (κ2) is 5.98. The number of hydrogen-bond acceptors (Lipinski definition) is 2. The van der Waals surface area contributed by atoms with E-state index in [1.54, 1.807) is 0 Å². The normalized spacial score (nSPS) is 33.5. The number of nitrogens with one attached hydrogen (secondary N) is 1. The fourth-order valence-electron chi connectivity index (χ4n) is 3.91. The number of hydrogen-bond donors (Lipinski definition) is 1. The lowest BCUT2D eigenvalue weighted by Gasteiger charge is -2.41. The third-order valence-electron chi connectivity index (χ3n) is 4.92. The Morgan fingerprint density at radius 3 is 2.81 bits per heavy atom. The van der Waals surface area contributed by atoms with E-state index in [1.807, 2.05) is 24.3 Å². The molecule has 0 radical (unpaired) electrons. The van der Waals surface area contributed by atoms with Crippen LogP contribution in [0.1, 0.15) is 44.8 Å². The highest BCUT2D eigenvalue weighted by Gasteiger charge is 2.40. The highest BCUT2D eigenvalue weighted by Crippen LogP contribution is 2.37. The van der Waals surface area contributed by atoms with Gasteiger partial charge < -0.3 is 4.90 Å². The summed E-state index contributed by atoms with van der Waals surface area (Å²) in [5.41, 5.74) is 1.08. The summed E-state index contributed by atoms with van der Waals surface area (Å²) in [5.74, 6) is 1.54. The molecule has 1 aliphatic heterocycles. The molecule has 1 heterocycles. The van der Waals surface area contributed by atoms with E-state index in [9.17, 15) is 4.79 Å². The van der Waals surface area contributed by atoms with Gasteiger partial charge in [0.05, 0.1) is 6.54 Å². The molecule has 3 rings (SSSR count). The molecule has 0 spiro atoms. The first-order chi connectivity index (χ1) is 10.1. The molecule has 4 atom stereocenters. The Bertz CT molecular complexity index is 533. The number of amides is 1. The number of carbonyl (C=O) groups excluding carboxylic acids is 1. The summed E-state index contributed by atoms with van der Waals surface area (Å²) in [7, 11) is 0. The zero-order valence-electron chi connectivity index (χ0n) is 12.7. The lowest BCUT2D eigenvalue weighted by molar-refractivity contribution is -0.132. The third-order valence-corrected chi connectivity index (χ3v) is 5.16. The monoisotopic (exact) mass is 306 g/mol. The summed E-state index contributed by atoms with van der Waals surface area (Å²) in [5, 5.41) is 4.07.